The second kappa shape index (κ2) is 8.98. The van der Waals surface area contributed by atoms with E-state index in [4.69, 9.17) is 16.3 Å². The first-order valence-corrected chi connectivity index (χ1v) is 10.5. The van der Waals surface area contributed by atoms with Gasteiger partial charge in [0.2, 0.25) is 5.91 Å². The number of halogens is 1. The summed E-state index contributed by atoms with van der Waals surface area (Å²) in [4.78, 5) is 12.7. The number of rotatable bonds is 7. The highest BCUT2D eigenvalue weighted by atomic mass is 35.5. The van der Waals surface area contributed by atoms with Crippen molar-refractivity contribution in [1.82, 2.24) is 0 Å². The molecule has 3 rings (SSSR count). The van der Waals surface area contributed by atoms with E-state index in [9.17, 15) is 13.2 Å². The number of methoxy groups -OCH3 is 1. The number of ether oxygens (including phenoxy) is 1. The molecule has 3 aromatic carbocycles. The fraction of sp³-hybridized carbons (Fsp3) is 0.0952. The largest absolute Gasteiger partial charge is 0.497 e. The van der Waals surface area contributed by atoms with Crippen LogP contribution in [0.4, 0.5) is 11.4 Å². The molecule has 29 heavy (non-hydrogen) atoms. The minimum absolute atomic E-state index is 0.0534. The molecule has 0 aliphatic carbocycles. The van der Waals surface area contributed by atoms with Gasteiger partial charge in [0.25, 0.3) is 10.0 Å². The second-order valence-electron chi connectivity index (χ2n) is 6.08. The minimum atomic E-state index is -3.98. The van der Waals surface area contributed by atoms with Crippen LogP contribution in [0.5, 0.6) is 5.75 Å². The highest BCUT2D eigenvalue weighted by Crippen LogP contribution is 2.25. The maximum atomic E-state index is 13.3. The number of para-hydroxylation sites is 1. The molecule has 150 valence electrons. The van der Waals surface area contributed by atoms with E-state index in [0.29, 0.717) is 22.1 Å². The Morgan fingerprint density at radius 3 is 2.31 bits per heavy atom. The lowest BCUT2D eigenvalue weighted by molar-refractivity contribution is -0.114. The molecule has 0 saturated carbocycles. The topological polar surface area (TPSA) is 75.7 Å². The second-order valence-corrected chi connectivity index (χ2v) is 8.38. The molecule has 0 bridgehead atoms. The Morgan fingerprint density at radius 2 is 1.69 bits per heavy atom. The maximum absolute atomic E-state index is 13.3. The van der Waals surface area contributed by atoms with Crippen LogP contribution in [0.15, 0.2) is 83.8 Å². The SMILES string of the molecule is COc1ccc(S(=O)(=O)N(CC(=O)Nc2cccc(Cl)c2)c2ccccc2)cc1. The summed E-state index contributed by atoms with van der Waals surface area (Å²) in [5.74, 6) is 0.0436. The zero-order valence-corrected chi connectivity index (χ0v) is 17.2. The Hall–Kier alpha value is -3.03. The molecule has 0 unspecified atom stereocenters. The van der Waals surface area contributed by atoms with E-state index in [1.54, 1.807) is 66.7 Å². The van der Waals surface area contributed by atoms with Crippen LogP contribution in [-0.2, 0) is 14.8 Å². The molecule has 1 amide bonds. The van der Waals surface area contributed by atoms with Crippen LogP contribution < -0.4 is 14.4 Å². The molecule has 3 aromatic rings. The highest BCUT2D eigenvalue weighted by Gasteiger charge is 2.27. The number of nitrogens with zero attached hydrogens (tertiary/aromatic N) is 1. The van der Waals surface area contributed by atoms with Crippen LogP contribution in [0.3, 0.4) is 0 Å². The van der Waals surface area contributed by atoms with E-state index in [0.717, 1.165) is 4.31 Å². The Kier molecular flexibility index (Phi) is 6.41. The summed E-state index contributed by atoms with van der Waals surface area (Å²) in [6, 6.07) is 21.1. The van der Waals surface area contributed by atoms with Crippen molar-refractivity contribution in [2.45, 2.75) is 4.90 Å². The fourth-order valence-electron chi connectivity index (χ4n) is 2.68. The molecule has 1 N–H and O–H groups in total. The van der Waals surface area contributed by atoms with Crippen LogP contribution in [0.2, 0.25) is 5.02 Å². The smallest absolute Gasteiger partial charge is 0.264 e. The number of carbonyl (C=O) groups is 1. The summed E-state index contributed by atoms with van der Waals surface area (Å²) >= 11 is 5.94. The Labute approximate surface area is 174 Å². The van der Waals surface area contributed by atoms with E-state index in [1.807, 2.05) is 0 Å². The minimum Gasteiger partial charge on any atom is -0.497 e. The average molecular weight is 431 g/mol. The number of benzene rings is 3. The van der Waals surface area contributed by atoms with Gasteiger partial charge in [0.1, 0.15) is 12.3 Å². The summed E-state index contributed by atoms with van der Waals surface area (Å²) in [6.45, 7) is -0.398. The van der Waals surface area contributed by atoms with E-state index in [-0.39, 0.29) is 4.90 Å². The zero-order valence-electron chi connectivity index (χ0n) is 15.6. The summed E-state index contributed by atoms with van der Waals surface area (Å²) in [5, 5.41) is 3.14. The molecular weight excluding hydrogens is 412 g/mol. The van der Waals surface area contributed by atoms with Crippen molar-refractivity contribution in [2.24, 2.45) is 0 Å². The van der Waals surface area contributed by atoms with Gasteiger partial charge in [0, 0.05) is 10.7 Å². The lowest BCUT2D eigenvalue weighted by Gasteiger charge is -2.24. The predicted octanol–water partition coefficient (Wildman–Crippen LogP) is 4.18. The molecule has 0 atom stereocenters. The molecule has 0 heterocycles. The zero-order chi connectivity index (χ0) is 20.9. The first-order chi connectivity index (χ1) is 13.9. The highest BCUT2D eigenvalue weighted by molar-refractivity contribution is 7.92. The van der Waals surface area contributed by atoms with Gasteiger partial charge in [-0.1, -0.05) is 35.9 Å². The van der Waals surface area contributed by atoms with Gasteiger partial charge >= 0.3 is 0 Å². The summed E-state index contributed by atoms with van der Waals surface area (Å²) in [5.41, 5.74) is 0.863. The normalized spacial score (nSPS) is 11.0. The quantitative estimate of drug-likeness (QED) is 0.610. The maximum Gasteiger partial charge on any atom is 0.264 e. The van der Waals surface area contributed by atoms with Gasteiger partial charge in [-0.15, -0.1) is 0 Å². The number of anilines is 2. The van der Waals surface area contributed by atoms with Gasteiger partial charge in [-0.2, -0.15) is 0 Å². The van der Waals surface area contributed by atoms with Crippen molar-refractivity contribution in [3.8, 4) is 5.75 Å². The van der Waals surface area contributed by atoms with Crippen molar-refractivity contribution < 1.29 is 17.9 Å². The molecule has 8 heteroatoms. The monoisotopic (exact) mass is 430 g/mol. The van der Waals surface area contributed by atoms with Crippen molar-refractivity contribution in [3.63, 3.8) is 0 Å². The third-order valence-corrected chi connectivity index (χ3v) is 6.11. The van der Waals surface area contributed by atoms with Crippen LogP contribution in [0.1, 0.15) is 0 Å². The third-order valence-electron chi connectivity index (χ3n) is 4.09. The van der Waals surface area contributed by atoms with E-state index in [1.165, 1.54) is 19.2 Å². The Balaban J connectivity index is 1.91. The van der Waals surface area contributed by atoms with Crippen molar-refractivity contribution in [3.05, 3.63) is 83.9 Å². The number of amides is 1. The lowest BCUT2D eigenvalue weighted by atomic mass is 10.3. The number of hydrogen-bond donors (Lipinski definition) is 1. The molecule has 0 saturated heterocycles. The molecule has 6 nitrogen and oxygen atoms in total. The molecule has 0 aliphatic heterocycles. The van der Waals surface area contributed by atoms with Crippen molar-refractivity contribution >= 4 is 38.9 Å². The Bertz CT molecular complexity index is 1090. The summed E-state index contributed by atoms with van der Waals surface area (Å²) in [6.07, 6.45) is 0. The predicted molar refractivity (Wildman–Crippen MR) is 114 cm³/mol. The van der Waals surface area contributed by atoms with Gasteiger partial charge in [0.05, 0.1) is 17.7 Å². The van der Waals surface area contributed by atoms with Crippen LogP contribution in [0, 0.1) is 0 Å². The van der Waals surface area contributed by atoms with Gasteiger partial charge in [-0.05, 0) is 54.6 Å². The number of hydrogen-bond acceptors (Lipinski definition) is 4. The van der Waals surface area contributed by atoms with E-state index < -0.39 is 22.5 Å². The molecule has 0 spiro atoms. The average Bonchev–Trinajstić information content (AvgIpc) is 2.72. The van der Waals surface area contributed by atoms with E-state index >= 15 is 0 Å². The number of sulfonamides is 1. The molecule has 0 aliphatic rings. The molecular formula is C21H19ClN2O4S. The fourth-order valence-corrected chi connectivity index (χ4v) is 4.29. The first-order valence-electron chi connectivity index (χ1n) is 8.67. The molecule has 0 fully saturated rings. The first kappa shape index (κ1) is 20.7. The van der Waals surface area contributed by atoms with Gasteiger partial charge < -0.3 is 10.1 Å². The van der Waals surface area contributed by atoms with Crippen LogP contribution >= 0.6 is 11.6 Å². The van der Waals surface area contributed by atoms with E-state index in [2.05, 4.69) is 5.32 Å². The van der Waals surface area contributed by atoms with Crippen LogP contribution in [0.25, 0.3) is 0 Å². The van der Waals surface area contributed by atoms with Crippen LogP contribution in [-0.4, -0.2) is 28.0 Å². The third kappa shape index (κ3) is 5.07. The summed E-state index contributed by atoms with van der Waals surface area (Å²) in [7, 11) is -2.48. The van der Waals surface area contributed by atoms with Crippen molar-refractivity contribution in [2.75, 3.05) is 23.3 Å². The van der Waals surface area contributed by atoms with Crippen molar-refractivity contribution in [1.29, 1.82) is 0 Å². The molecule has 0 radical (unpaired) electrons. The lowest BCUT2D eigenvalue weighted by Crippen LogP contribution is -2.38. The summed E-state index contributed by atoms with van der Waals surface area (Å²) < 4.78 is 32.7. The Morgan fingerprint density at radius 1 is 1.00 bits per heavy atom. The number of carbonyl (C=O) groups excluding carboxylic acids is 1. The standard InChI is InChI=1S/C21H19ClN2O4S/c1-28-19-10-12-20(13-11-19)29(26,27)24(18-8-3-2-4-9-18)15-21(25)23-17-7-5-6-16(22)14-17/h2-14H,15H2,1H3,(H,23,25). The molecule has 0 aromatic heterocycles. The number of nitrogens with one attached hydrogen (secondary N) is 1. The van der Waals surface area contributed by atoms with Gasteiger partial charge in [-0.3, -0.25) is 9.10 Å². The van der Waals surface area contributed by atoms with Gasteiger partial charge in [-0.25, -0.2) is 8.42 Å². The van der Waals surface area contributed by atoms with Gasteiger partial charge in [0.15, 0.2) is 0 Å².